The third-order valence-electron chi connectivity index (χ3n) is 6.12. The molecule has 0 radical (unpaired) electrons. The molecule has 1 spiro atoms. The number of allylic oxidation sites excluding steroid dienone is 9. The predicted octanol–water partition coefficient (Wildman–Crippen LogP) is 6.85. The van der Waals surface area contributed by atoms with Gasteiger partial charge >= 0.3 is 0 Å². The van der Waals surface area contributed by atoms with Crippen molar-refractivity contribution in [3.05, 3.63) is 108 Å². The Bertz CT molecular complexity index is 1240. The zero-order chi connectivity index (χ0) is 17.1. The highest BCUT2D eigenvalue weighted by Crippen LogP contribution is 2.54. The highest BCUT2D eigenvalue weighted by molar-refractivity contribution is 6.10. The van der Waals surface area contributed by atoms with Crippen LogP contribution in [0.25, 0.3) is 33.2 Å². The van der Waals surface area contributed by atoms with E-state index in [0.717, 1.165) is 6.42 Å². The van der Waals surface area contributed by atoms with E-state index < -0.39 is 0 Å². The van der Waals surface area contributed by atoms with Crippen molar-refractivity contribution in [2.45, 2.75) is 6.42 Å². The van der Waals surface area contributed by atoms with Crippen molar-refractivity contribution in [1.29, 1.82) is 0 Å². The van der Waals surface area contributed by atoms with Gasteiger partial charge in [-0.15, -0.1) is 0 Å². The van der Waals surface area contributed by atoms with Crippen molar-refractivity contribution in [2.75, 3.05) is 0 Å². The molecule has 0 amide bonds. The Balaban J connectivity index is 1.73. The summed E-state index contributed by atoms with van der Waals surface area (Å²) in [6.07, 6.45) is 19.3. The van der Waals surface area contributed by atoms with E-state index in [1.807, 2.05) is 0 Å². The van der Waals surface area contributed by atoms with Gasteiger partial charge in [0.15, 0.2) is 0 Å². The lowest BCUT2D eigenvalue weighted by Crippen LogP contribution is -2.27. The third-order valence-corrected chi connectivity index (χ3v) is 6.12. The Morgan fingerprint density at radius 3 is 2.73 bits per heavy atom. The molecular formula is C26H18. The maximum absolute atomic E-state index is 2.40. The molecule has 1 unspecified atom stereocenters. The normalized spacial score (nSPS) is 22.6. The number of hydrogen-bond acceptors (Lipinski definition) is 0. The van der Waals surface area contributed by atoms with Gasteiger partial charge in [0.05, 0.1) is 0 Å². The van der Waals surface area contributed by atoms with Crippen LogP contribution in [0.3, 0.4) is 0 Å². The number of rotatable bonds is 0. The summed E-state index contributed by atoms with van der Waals surface area (Å²) >= 11 is 0. The molecule has 1 atom stereocenters. The lowest BCUT2D eigenvalue weighted by atomic mass is 9.62. The van der Waals surface area contributed by atoms with E-state index in [2.05, 4.69) is 97.1 Å². The minimum Gasteiger partial charge on any atom is -0.0830 e. The topological polar surface area (TPSA) is 0 Å². The Labute approximate surface area is 153 Å². The average molecular weight is 330 g/mol. The predicted molar refractivity (Wildman–Crippen MR) is 112 cm³/mol. The smallest absolute Gasteiger partial charge is 0.0425 e. The first kappa shape index (κ1) is 14.1. The lowest BCUT2D eigenvalue weighted by Gasteiger charge is -2.41. The summed E-state index contributed by atoms with van der Waals surface area (Å²) < 4.78 is 0. The molecule has 0 heterocycles. The van der Waals surface area contributed by atoms with Gasteiger partial charge in [0.1, 0.15) is 0 Å². The summed E-state index contributed by atoms with van der Waals surface area (Å²) in [6, 6.07) is 18.0. The summed E-state index contributed by atoms with van der Waals surface area (Å²) in [5.74, 6) is 0. The van der Waals surface area contributed by atoms with Crippen LogP contribution in [-0.4, -0.2) is 0 Å². The molecule has 0 saturated carbocycles. The van der Waals surface area contributed by atoms with Gasteiger partial charge in [-0.05, 0) is 68.4 Å². The lowest BCUT2D eigenvalue weighted by molar-refractivity contribution is 0.623. The summed E-state index contributed by atoms with van der Waals surface area (Å²) in [4.78, 5) is 0. The van der Waals surface area contributed by atoms with Crippen LogP contribution in [0.4, 0.5) is 0 Å². The molecule has 3 aliphatic carbocycles. The van der Waals surface area contributed by atoms with Crippen molar-refractivity contribution in [3.63, 3.8) is 0 Å². The summed E-state index contributed by atoms with van der Waals surface area (Å²) in [7, 11) is 0. The molecule has 0 N–H and O–H groups in total. The molecule has 0 aliphatic heterocycles. The van der Waals surface area contributed by atoms with Crippen molar-refractivity contribution in [3.8, 4) is 0 Å². The first-order chi connectivity index (χ1) is 12.9. The van der Waals surface area contributed by atoms with Gasteiger partial charge in [0, 0.05) is 5.41 Å². The molecule has 3 aliphatic rings. The number of fused-ring (bicyclic) bond motifs is 5. The standard InChI is InChI=1S/C26H18/c1-2-9-22-18(7-1)11-12-19-16-24-20(17-23(19)22)15-21-8-3-5-13-26(21)14-6-4-10-25(24)26/h1-13,15-17H,14H2. The fourth-order valence-electron chi connectivity index (χ4n) is 4.83. The molecule has 0 heteroatoms. The van der Waals surface area contributed by atoms with Crippen LogP contribution in [0.5, 0.6) is 0 Å². The van der Waals surface area contributed by atoms with E-state index in [4.69, 9.17) is 0 Å². The average Bonchev–Trinajstić information content (AvgIpc) is 2.70. The van der Waals surface area contributed by atoms with Gasteiger partial charge < -0.3 is 0 Å². The van der Waals surface area contributed by atoms with Crippen LogP contribution in [-0.2, 0) is 0 Å². The quantitative estimate of drug-likeness (QED) is 0.396. The zero-order valence-electron chi connectivity index (χ0n) is 14.4. The van der Waals surface area contributed by atoms with E-state index >= 15 is 0 Å². The van der Waals surface area contributed by atoms with Crippen molar-refractivity contribution >= 4 is 33.2 Å². The summed E-state index contributed by atoms with van der Waals surface area (Å²) in [6.45, 7) is 0. The number of hydrogen-bond donors (Lipinski definition) is 0. The molecule has 0 saturated heterocycles. The SMILES string of the molecule is C1=CCC23C=CC=CC2=Cc2cc4c(ccc5ccccc54)cc2C3=C1. The molecule has 3 aromatic rings. The molecule has 0 nitrogen and oxygen atoms in total. The Hall–Kier alpha value is -3.12. The molecule has 3 aromatic carbocycles. The van der Waals surface area contributed by atoms with Gasteiger partial charge in [0.25, 0.3) is 0 Å². The molecule has 0 fully saturated rings. The summed E-state index contributed by atoms with van der Waals surface area (Å²) in [5, 5.41) is 5.30. The van der Waals surface area contributed by atoms with Crippen LogP contribution in [0.15, 0.2) is 96.6 Å². The minimum atomic E-state index is 0.0149. The van der Waals surface area contributed by atoms with Crippen molar-refractivity contribution in [1.82, 2.24) is 0 Å². The number of benzene rings is 3. The second-order valence-corrected chi connectivity index (χ2v) is 7.45. The van der Waals surface area contributed by atoms with Crippen LogP contribution < -0.4 is 0 Å². The maximum Gasteiger partial charge on any atom is 0.0425 e. The highest BCUT2D eigenvalue weighted by atomic mass is 14.4. The third kappa shape index (κ3) is 1.74. The zero-order valence-corrected chi connectivity index (χ0v) is 14.4. The molecule has 26 heavy (non-hydrogen) atoms. The van der Waals surface area contributed by atoms with E-state index in [1.165, 1.54) is 43.8 Å². The molecule has 122 valence electrons. The second-order valence-electron chi connectivity index (χ2n) is 7.45. The van der Waals surface area contributed by atoms with E-state index in [0.29, 0.717) is 0 Å². The van der Waals surface area contributed by atoms with Gasteiger partial charge in [-0.25, -0.2) is 0 Å². The Morgan fingerprint density at radius 1 is 0.808 bits per heavy atom. The molecule has 0 bridgehead atoms. The van der Waals surface area contributed by atoms with E-state index in [9.17, 15) is 0 Å². The van der Waals surface area contributed by atoms with E-state index in [1.54, 1.807) is 0 Å². The van der Waals surface area contributed by atoms with Crippen LogP contribution in [0.2, 0.25) is 0 Å². The highest BCUT2D eigenvalue weighted by Gasteiger charge is 2.39. The Morgan fingerprint density at radius 2 is 1.73 bits per heavy atom. The monoisotopic (exact) mass is 330 g/mol. The fraction of sp³-hybridized carbons (Fsp3) is 0.0769. The largest absolute Gasteiger partial charge is 0.0830 e. The summed E-state index contributed by atoms with van der Waals surface area (Å²) in [5.41, 5.74) is 5.56. The second kappa shape index (κ2) is 4.95. The maximum atomic E-state index is 2.40. The van der Waals surface area contributed by atoms with Crippen molar-refractivity contribution < 1.29 is 0 Å². The van der Waals surface area contributed by atoms with Gasteiger partial charge in [0.2, 0.25) is 0 Å². The minimum absolute atomic E-state index is 0.0149. The van der Waals surface area contributed by atoms with Crippen LogP contribution >= 0.6 is 0 Å². The van der Waals surface area contributed by atoms with Crippen LogP contribution in [0.1, 0.15) is 17.5 Å². The fourth-order valence-corrected chi connectivity index (χ4v) is 4.83. The van der Waals surface area contributed by atoms with Gasteiger partial charge in [-0.2, -0.15) is 0 Å². The van der Waals surface area contributed by atoms with Gasteiger partial charge in [-0.1, -0.05) is 78.9 Å². The first-order valence-corrected chi connectivity index (χ1v) is 9.26. The Kier molecular flexibility index (Phi) is 2.69. The molecular weight excluding hydrogens is 312 g/mol. The van der Waals surface area contributed by atoms with Crippen LogP contribution in [0, 0.1) is 5.41 Å². The van der Waals surface area contributed by atoms with Crippen molar-refractivity contribution in [2.24, 2.45) is 5.41 Å². The molecule has 6 rings (SSSR count). The molecule has 0 aromatic heterocycles. The van der Waals surface area contributed by atoms with E-state index in [-0.39, 0.29) is 5.41 Å². The first-order valence-electron chi connectivity index (χ1n) is 9.26. The van der Waals surface area contributed by atoms with Gasteiger partial charge in [-0.3, -0.25) is 0 Å².